The molecule has 0 amide bonds. The Balaban J connectivity index is 1.39. The smallest absolute Gasteiger partial charge is 0.230 e. The van der Waals surface area contributed by atoms with Gasteiger partial charge in [-0.15, -0.1) is 10.2 Å². The second-order valence-corrected chi connectivity index (χ2v) is 6.12. The Labute approximate surface area is 137 Å². The van der Waals surface area contributed by atoms with Gasteiger partial charge >= 0.3 is 0 Å². The largest absolute Gasteiger partial charge is 0.424 e. The minimum Gasteiger partial charge on any atom is -0.424 e. The van der Waals surface area contributed by atoms with E-state index < -0.39 is 0 Å². The van der Waals surface area contributed by atoms with Gasteiger partial charge in [-0.05, 0) is 19.2 Å². The van der Waals surface area contributed by atoms with Crippen molar-refractivity contribution in [2.24, 2.45) is 0 Å². The Kier molecular flexibility index (Phi) is 5.25. The minimum absolute atomic E-state index is 0.630. The van der Waals surface area contributed by atoms with Crippen LogP contribution >= 0.6 is 0 Å². The van der Waals surface area contributed by atoms with E-state index in [0.29, 0.717) is 18.3 Å². The second kappa shape index (κ2) is 7.57. The Morgan fingerprint density at radius 2 is 1.83 bits per heavy atom. The van der Waals surface area contributed by atoms with Crippen LogP contribution in [0.3, 0.4) is 0 Å². The summed E-state index contributed by atoms with van der Waals surface area (Å²) >= 11 is 0. The summed E-state index contributed by atoms with van der Waals surface area (Å²) in [7, 11) is 2.10. The quantitative estimate of drug-likeness (QED) is 0.807. The number of anilines is 1. The summed E-state index contributed by atoms with van der Waals surface area (Å²) in [4.78, 5) is 7.22. The fraction of sp³-hybridized carbons (Fsp3) is 0.529. The molecule has 0 unspecified atom stereocenters. The van der Waals surface area contributed by atoms with Gasteiger partial charge in [0.25, 0.3) is 0 Å². The van der Waals surface area contributed by atoms with Gasteiger partial charge in [0.2, 0.25) is 11.8 Å². The molecule has 1 aliphatic rings. The number of hydrogen-bond donors (Lipinski definition) is 0. The van der Waals surface area contributed by atoms with Gasteiger partial charge in [-0.3, -0.25) is 9.80 Å². The van der Waals surface area contributed by atoms with Crippen LogP contribution in [0.15, 0.2) is 34.7 Å². The van der Waals surface area contributed by atoms with Crippen molar-refractivity contribution in [3.63, 3.8) is 0 Å². The predicted molar refractivity (Wildman–Crippen MR) is 90.5 cm³/mol. The maximum absolute atomic E-state index is 5.42. The zero-order chi connectivity index (χ0) is 16.1. The van der Waals surface area contributed by atoms with Crippen molar-refractivity contribution in [2.45, 2.75) is 13.5 Å². The molecule has 1 saturated heterocycles. The van der Waals surface area contributed by atoms with E-state index in [1.807, 2.05) is 6.92 Å². The molecule has 1 aromatic carbocycles. The maximum atomic E-state index is 5.42. The molecule has 2 aromatic rings. The first-order valence-corrected chi connectivity index (χ1v) is 8.20. The number of benzene rings is 1. The van der Waals surface area contributed by atoms with E-state index in [1.165, 1.54) is 5.69 Å². The lowest BCUT2D eigenvalue weighted by molar-refractivity contribution is 0.203. The van der Waals surface area contributed by atoms with E-state index in [9.17, 15) is 0 Å². The van der Waals surface area contributed by atoms with Crippen LogP contribution in [0.1, 0.15) is 11.8 Å². The van der Waals surface area contributed by atoms with Crippen molar-refractivity contribution in [3.8, 4) is 0 Å². The summed E-state index contributed by atoms with van der Waals surface area (Å²) in [5.41, 5.74) is 1.33. The molecule has 0 spiro atoms. The molecular weight excluding hydrogens is 290 g/mol. The number of para-hydroxylation sites is 1. The van der Waals surface area contributed by atoms with Crippen LogP contribution in [-0.2, 0) is 6.54 Å². The van der Waals surface area contributed by atoms with Crippen molar-refractivity contribution in [1.29, 1.82) is 0 Å². The summed E-state index contributed by atoms with van der Waals surface area (Å²) in [6.45, 7) is 9.03. The molecule has 23 heavy (non-hydrogen) atoms. The Bertz CT molecular complexity index is 592. The van der Waals surface area contributed by atoms with Crippen LogP contribution in [0, 0.1) is 6.92 Å². The van der Waals surface area contributed by atoms with Gasteiger partial charge in [0.15, 0.2) is 0 Å². The van der Waals surface area contributed by atoms with Crippen LogP contribution in [-0.4, -0.2) is 66.3 Å². The molecule has 0 saturated carbocycles. The number of piperazine rings is 1. The first-order chi connectivity index (χ1) is 11.2. The van der Waals surface area contributed by atoms with E-state index in [1.54, 1.807) is 0 Å². The molecular formula is C17H25N5O. The van der Waals surface area contributed by atoms with Gasteiger partial charge in [-0.2, -0.15) is 0 Å². The number of likely N-dealkylation sites (N-methyl/N-ethyl adjacent to an activating group) is 1. The molecule has 1 fully saturated rings. The third-order valence-electron chi connectivity index (χ3n) is 4.26. The van der Waals surface area contributed by atoms with E-state index in [2.05, 4.69) is 62.3 Å². The van der Waals surface area contributed by atoms with Crippen LogP contribution in [0.25, 0.3) is 0 Å². The first kappa shape index (κ1) is 16.0. The van der Waals surface area contributed by atoms with Gasteiger partial charge in [-0.1, -0.05) is 18.2 Å². The minimum atomic E-state index is 0.630. The van der Waals surface area contributed by atoms with Gasteiger partial charge in [0.1, 0.15) is 0 Å². The van der Waals surface area contributed by atoms with Gasteiger partial charge in [0.05, 0.1) is 6.54 Å². The number of rotatable bonds is 6. The number of hydrogen-bond acceptors (Lipinski definition) is 6. The summed E-state index contributed by atoms with van der Waals surface area (Å²) in [5, 5.41) is 7.91. The molecule has 0 radical (unpaired) electrons. The maximum Gasteiger partial charge on any atom is 0.230 e. The van der Waals surface area contributed by atoms with E-state index in [0.717, 1.165) is 39.3 Å². The molecule has 1 aliphatic heterocycles. The van der Waals surface area contributed by atoms with Gasteiger partial charge in [-0.25, -0.2) is 0 Å². The van der Waals surface area contributed by atoms with Crippen LogP contribution in [0.4, 0.5) is 5.69 Å². The highest BCUT2D eigenvalue weighted by Gasteiger charge is 2.17. The Morgan fingerprint density at radius 1 is 1.09 bits per heavy atom. The van der Waals surface area contributed by atoms with Crippen molar-refractivity contribution in [3.05, 3.63) is 42.1 Å². The zero-order valence-corrected chi connectivity index (χ0v) is 14.0. The molecule has 0 N–H and O–H groups in total. The standard InChI is InChI=1S/C17H25N5O/c1-15-18-19-17(23-15)14-20(2)8-9-21-10-12-22(13-11-21)16-6-4-3-5-7-16/h3-7H,8-14H2,1-2H3. The number of nitrogens with zero attached hydrogens (tertiary/aromatic N) is 5. The van der Waals surface area contributed by atoms with Crippen molar-refractivity contribution in [2.75, 3.05) is 51.2 Å². The Hall–Kier alpha value is -1.92. The van der Waals surface area contributed by atoms with Crippen LogP contribution in [0.2, 0.25) is 0 Å². The van der Waals surface area contributed by atoms with Crippen LogP contribution in [0.5, 0.6) is 0 Å². The third-order valence-corrected chi connectivity index (χ3v) is 4.26. The second-order valence-electron chi connectivity index (χ2n) is 6.12. The molecule has 124 valence electrons. The average Bonchev–Trinajstić information content (AvgIpc) is 2.99. The average molecular weight is 315 g/mol. The molecule has 0 atom stereocenters. The lowest BCUT2D eigenvalue weighted by atomic mass is 10.2. The predicted octanol–water partition coefficient (Wildman–Crippen LogP) is 1.63. The summed E-state index contributed by atoms with van der Waals surface area (Å²) < 4.78 is 5.42. The molecule has 1 aromatic heterocycles. The van der Waals surface area contributed by atoms with E-state index >= 15 is 0 Å². The normalized spacial score (nSPS) is 16.2. The third kappa shape index (κ3) is 4.53. The number of aryl methyl sites for hydroxylation is 1. The Morgan fingerprint density at radius 3 is 2.48 bits per heavy atom. The number of aromatic nitrogens is 2. The summed E-state index contributed by atoms with van der Waals surface area (Å²) in [6, 6.07) is 10.7. The molecule has 6 nitrogen and oxygen atoms in total. The fourth-order valence-electron chi connectivity index (χ4n) is 2.89. The molecule has 0 bridgehead atoms. The topological polar surface area (TPSA) is 48.6 Å². The SMILES string of the molecule is Cc1nnc(CN(C)CCN2CCN(c3ccccc3)CC2)o1. The molecule has 6 heteroatoms. The van der Waals surface area contributed by atoms with Crippen LogP contribution < -0.4 is 4.90 Å². The fourth-order valence-corrected chi connectivity index (χ4v) is 2.89. The molecule has 2 heterocycles. The van der Waals surface area contributed by atoms with Crippen molar-refractivity contribution in [1.82, 2.24) is 20.0 Å². The zero-order valence-electron chi connectivity index (χ0n) is 14.0. The molecule has 3 rings (SSSR count). The van der Waals surface area contributed by atoms with E-state index in [4.69, 9.17) is 4.42 Å². The lowest BCUT2D eigenvalue weighted by Crippen LogP contribution is -2.48. The van der Waals surface area contributed by atoms with E-state index in [-0.39, 0.29) is 0 Å². The highest BCUT2D eigenvalue weighted by Crippen LogP contribution is 2.15. The highest BCUT2D eigenvalue weighted by molar-refractivity contribution is 5.46. The van der Waals surface area contributed by atoms with Crippen molar-refractivity contribution < 1.29 is 4.42 Å². The summed E-state index contributed by atoms with van der Waals surface area (Å²) in [6.07, 6.45) is 0. The lowest BCUT2D eigenvalue weighted by Gasteiger charge is -2.36. The summed E-state index contributed by atoms with van der Waals surface area (Å²) in [5.74, 6) is 1.32. The van der Waals surface area contributed by atoms with Gasteiger partial charge in [0, 0.05) is 51.9 Å². The highest BCUT2D eigenvalue weighted by atomic mass is 16.4. The first-order valence-electron chi connectivity index (χ1n) is 8.20. The monoisotopic (exact) mass is 315 g/mol. The van der Waals surface area contributed by atoms with Gasteiger partial charge < -0.3 is 9.32 Å². The molecule has 0 aliphatic carbocycles. The van der Waals surface area contributed by atoms with Crippen molar-refractivity contribution >= 4 is 5.69 Å².